The highest BCUT2D eigenvalue weighted by Gasteiger charge is 2.16. The van der Waals surface area contributed by atoms with E-state index in [2.05, 4.69) is 24.4 Å². The van der Waals surface area contributed by atoms with Gasteiger partial charge in [0.15, 0.2) is 0 Å². The average molecular weight is 287 g/mol. The van der Waals surface area contributed by atoms with Crippen LogP contribution in [0.5, 0.6) is 5.75 Å². The first kappa shape index (κ1) is 15.5. The summed E-state index contributed by atoms with van der Waals surface area (Å²) in [6.45, 7) is 6.89. The predicted molar refractivity (Wildman–Crippen MR) is 84.4 cm³/mol. The Hall–Kier alpha value is -1.87. The lowest BCUT2D eigenvalue weighted by Gasteiger charge is -2.22. The molecule has 0 heterocycles. The average Bonchev–Trinajstić information content (AvgIpc) is 2.45. The van der Waals surface area contributed by atoms with Gasteiger partial charge in [-0.25, -0.2) is 4.39 Å². The number of rotatable bonds is 5. The lowest BCUT2D eigenvalue weighted by Crippen LogP contribution is -2.23. The van der Waals surface area contributed by atoms with Crippen LogP contribution in [0.4, 0.5) is 4.39 Å². The molecule has 0 saturated heterocycles. The third kappa shape index (κ3) is 3.42. The Morgan fingerprint density at radius 3 is 2.43 bits per heavy atom. The van der Waals surface area contributed by atoms with E-state index in [0.29, 0.717) is 0 Å². The molecule has 0 amide bonds. The number of nitrogens with one attached hydrogen (secondary N) is 1. The summed E-state index contributed by atoms with van der Waals surface area (Å²) in [5, 5.41) is 3.48. The highest BCUT2D eigenvalue weighted by Crippen LogP contribution is 2.28. The van der Waals surface area contributed by atoms with Gasteiger partial charge in [0.25, 0.3) is 0 Å². The molecule has 2 aromatic rings. The fraction of sp³-hybridized carbons (Fsp3) is 0.333. The first-order valence-corrected chi connectivity index (χ1v) is 7.20. The fourth-order valence-electron chi connectivity index (χ4n) is 2.66. The number of benzene rings is 2. The SMILES string of the molecule is CCNC(c1ccc(OC)c(C)c1)c1ccc(F)cc1C. The van der Waals surface area contributed by atoms with Gasteiger partial charge in [-0.15, -0.1) is 0 Å². The van der Waals surface area contributed by atoms with Gasteiger partial charge in [-0.1, -0.05) is 25.1 Å². The second-order valence-corrected chi connectivity index (χ2v) is 5.22. The molecule has 21 heavy (non-hydrogen) atoms. The minimum Gasteiger partial charge on any atom is -0.496 e. The molecule has 0 aliphatic heterocycles. The summed E-state index contributed by atoms with van der Waals surface area (Å²) in [6, 6.07) is 11.2. The van der Waals surface area contributed by atoms with Crippen LogP contribution in [0.3, 0.4) is 0 Å². The molecule has 3 heteroatoms. The van der Waals surface area contributed by atoms with E-state index in [4.69, 9.17) is 4.74 Å². The van der Waals surface area contributed by atoms with Crippen molar-refractivity contribution in [2.75, 3.05) is 13.7 Å². The molecule has 1 atom stereocenters. The summed E-state index contributed by atoms with van der Waals surface area (Å²) in [6.07, 6.45) is 0. The van der Waals surface area contributed by atoms with Gasteiger partial charge in [0.2, 0.25) is 0 Å². The molecular weight excluding hydrogens is 265 g/mol. The predicted octanol–water partition coefficient (Wildman–Crippen LogP) is 4.15. The van der Waals surface area contributed by atoms with E-state index in [0.717, 1.165) is 34.5 Å². The van der Waals surface area contributed by atoms with E-state index < -0.39 is 0 Å². The highest BCUT2D eigenvalue weighted by molar-refractivity contribution is 5.42. The molecule has 0 aromatic heterocycles. The fourth-order valence-corrected chi connectivity index (χ4v) is 2.66. The van der Waals surface area contributed by atoms with Crippen LogP contribution in [0, 0.1) is 19.7 Å². The van der Waals surface area contributed by atoms with Crippen LogP contribution in [0.1, 0.15) is 35.2 Å². The van der Waals surface area contributed by atoms with Crippen LogP contribution < -0.4 is 10.1 Å². The number of halogens is 1. The summed E-state index contributed by atoms with van der Waals surface area (Å²) >= 11 is 0. The van der Waals surface area contributed by atoms with Gasteiger partial charge < -0.3 is 10.1 Å². The van der Waals surface area contributed by atoms with Crippen molar-refractivity contribution in [3.05, 3.63) is 64.5 Å². The topological polar surface area (TPSA) is 21.3 Å². The first-order chi connectivity index (χ1) is 10.1. The maximum absolute atomic E-state index is 13.3. The summed E-state index contributed by atoms with van der Waals surface area (Å²) in [4.78, 5) is 0. The molecule has 2 nitrogen and oxygen atoms in total. The first-order valence-electron chi connectivity index (χ1n) is 7.20. The lowest BCUT2D eigenvalue weighted by atomic mass is 9.93. The van der Waals surface area contributed by atoms with Crippen LogP contribution in [0.2, 0.25) is 0 Å². The monoisotopic (exact) mass is 287 g/mol. The van der Waals surface area contributed by atoms with Gasteiger partial charge >= 0.3 is 0 Å². The van der Waals surface area contributed by atoms with Crippen molar-refractivity contribution in [1.29, 1.82) is 0 Å². The third-order valence-electron chi connectivity index (χ3n) is 3.70. The molecule has 112 valence electrons. The number of hydrogen-bond donors (Lipinski definition) is 1. The van der Waals surface area contributed by atoms with E-state index in [-0.39, 0.29) is 11.9 Å². The second-order valence-electron chi connectivity index (χ2n) is 5.22. The lowest BCUT2D eigenvalue weighted by molar-refractivity contribution is 0.411. The van der Waals surface area contributed by atoms with Crippen molar-refractivity contribution in [1.82, 2.24) is 5.32 Å². The summed E-state index contributed by atoms with van der Waals surface area (Å²) in [7, 11) is 1.67. The van der Waals surface area contributed by atoms with E-state index in [1.807, 2.05) is 26.0 Å². The molecular formula is C18H22FNO. The van der Waals surface area contributed by atoms with E-state index >= 15 is 0 Å². The summed E-state index contributed by atoms with van der Waals surface area (Å²) in [5.74, 6) is 0.683. The minimum absolute atomic E-state index is 0.0557. The Labute approximate surface area is 126 Å². The molecule has 0 fully saturated rings. The van der Waals surface area contributed by atoms with Crippen LogP contribution in [0.25, 0.3) is 0 Å². The zero-order valence-corrected chi connectivity index (χ0v) is 13.0. The number of aryl methyl sites for hydroxylation is 2. The summed E-state index contributed by atoms with van der Waals surface area (Å²) in [5.41, 5.74) is 4.31. The number of ether oxygens (including phenoxy) is 1. The third-order valence-corrected chi connectivity index (χ3v) is 3.70. The van der Waals surface area contributed by atoms with E-state index in [1.165, 1.54) is 6.07 Å². The van der Waals surface area contributed by atoms with Gasteiger partial charge in [0, 0.05) is 0 Å². The second kappa shape index (κ2) is 6.72. The standard InChI is InChI=1S/C18H22FNO/c1-5-20-18(16-8-7-15(19)11-12(16)2)14-6-9-17(21-4)13(3)10-14/h6-11,18,20H,5H2,1-4H3. The Balaban J connectivity index is 2.45. The maximum atomic E-state index is 13.3. The van der Waals surface area contributed by atoms with Crippen LogP contribution in [0.15, 0.2) is 36.4 Å². The van der Waals surface area contributed by atoms with Crippen molar-refractivity contribution in [2.45, 2.75) is 26.8 Å². The van der Waals surface area contributed by atoms with Gasteiger partial charge in [-0.3, -0.25) is 0 Å². The summed E-state index contributed by atoms with van der Waals surface area (Å²) < 4.78 is 18.6. The van der Waals surface area contributed by atoms with E-state index in [9.17, 15) is 4.39 Å². The Morgan fingerprint density at radius 1 is 1.10 bits per heavy atom. The normalized spacial score (nSPS) is 12.2. The number of methoxy groups -OCH3 is 1. The molecule has 0 radical (unpaired) electrons. The van der Waals surface area contributed by atoms with Gasteiger partial charge in [0.1, 0.15) is 11.6 Å². The Kier molecular flexibility index (Phi) is 4.97. The molecule has 0 aliphatic carbocycles. The smallest absolute Gasteiger partial charge is 0.123 e. The quantitative estimate of drug-likeness (QED) is 0.892. The van der Waals surface area contributed by atoms with Crippen LogP contribution in [-0.4, -0.2) is 13.7 Å². The molecule has 2 rings (SSSR count). The van der Waals surface area contributed by atoms with Crippen molar-refractivity contribution < 1.29 is 9.13 Å². The van der Waals surface area contributed by atoms with Crippen LogP contribution >= 0.6 is 0 Å². The molecule has 0 bridgehead atoms. The molecule has 0 saturated carbocycles. The Bertz CT molecular complexity index is 625. The number of hydrogen-bond acceptors (Lipinski definition) is 2. The van der Waals surface area contributed by atoms with Crippen LogP contribution in [-0.2, 0) is 0 Å². The van der Waals surface area contributed by atoms with Crippen molar-refractivity contribution in [3.8, 4) is 5.75 Å². The molecule has 1 unspecified atom stereocenters. The van der Waals surface area contributed by atoms with Crippen molar-refractivity contribution >= 4 is 0 Å². The molecule has 0 spiro atoms. The minimum atomic E-state index is -0.197. The molecule has 1 N–H and O–H groups in total. The van der Waals surface area contributed by atoms with Crippen molar-refractivity contribution in [2.24, 2.45) is 0 Å². The zero-order chi connectivity index (χ0) is 15.4. The maximum Gasteiger partial charge on any atom is 0.123 e. The van der Waals surface area contributed by atoms with Gasteiger partial charge in [-0.05, 0) is 60.8 Å². The zero-order valence-electron chi connectivity index (χ0n) is 13.0. The molecule has 2 aromatic carbocycles. The van der Waals surface area contributed by atoms with E-state index in [1.54, 1.807) is 13.2 Å². The largest absolute Gasteiger partial charge is 0.496 e. The molecule has 0 aliphatic rings. The van der Waals surface area contributed by atoms with Gasteiger partial charge in [0.05, 0.1) is 13.2 Å². The van der Waals surface area contributed by atoms with Gasteiger partial charge in [-0.2, -0.15) is 0 Å². The van der Waals surface area contributed by atoms with Crippen molar-refractivity contribution in [3.63, 3.8) is 0 Å². The Morgan fingerprint density at radius 2 is 1.86 bits per heavy atom. The highest BCUT2D eigenvalue weighted by atomic mass is 19.1.